The Kier molecular flexibility index (Phi) is 12.2. The van der Waals surface area contributed by atoms with Crippen LogP contribution in [0.15, 0.2) is 142 Å². The Hall–Kier alpha value is -5.20. The van der Waals surface area contributed by atoms with Gasteiger partial charge in [-0.25, -0.2) is 14.4 Å². The first-order valence-electron chi connectivity index (χ1n) is 19.9. The summed E-state index contributed by atoms with van der Waals surface area (Å²) in [5.41, 5.74) is -2.80. The normalized spacial score (nSPS) is 21.2. The van der Waals surface area contributed by atoms with Gasteiger partial charge in [0.05, 0.1) is 39.1 Å². The number of anilines is 4. The minimum atomic E-state index is -1.97. The Morgan fingerprint density at radius 1 is 0.545 bits per heavy atom. The van der Waals surface area contributed by atoms with Crippen molar-refractivity contribution in [2.24, 2.45) is 0 Å². The van der Waals surface area contributed by atoms with Crippen molar-refractivity contribution in [3.63, 3.8) is 0 Å². The highest BCUT2D eigenvalue weighted by Gasteiger charge is 2.73. The van der Waals surface area contributed by atoms with Crippen LogP contribution in [-0.2, 0) is 20.9 Å². The van der Waals surface area contributed by atoms with Crippen LogP contribution in [0.5, 0.6) is 0 Å². The van der Waals surface area contributed by atoms with E-state index in [1.165, 1.54) is 32.9 Å². The van der Waals surface area contributed by atoms with E-state index in [0.29, 0.717) is 48.4 Å². The van der Waals surface area contributed by atoms with Gasteiger partial charge in [-0.2, -0.15) is 5.26 Å². The summed E-state index contributed by atoms with van der Waals surface area (Å²) in [6.45, 7) is 7.85. The maximum Gasteiger partial charge on any atom is 0.332 e. The molecule has 4 amide bonds. The first-order valence-corrected chi connectivity index (χ1v) is 23.0. The highest BCUT2D eigenvalue weighted by molar-refractivity contribution is 9.11. The summed E-state index contributed by atoms with van der Waals surface area (Å²) in [5, 5.41) is 36.6. The molecule has 4 aliphatic heterocycles. The number of hydrogen-bond acceptors (Lipinski definition) is 7. The number of nitrogens with zero attached hydrogens (tertiary/aromatic N) is 6. The third-order valence-corrected chi connectivity index (χ3v) is 14.0. The Morgan fingerprint density at radius 2 is 0.879 bits per heavy atom. The van der Waals surface area contributed by atoms with Gasteiger partial charge < -0.3 is 19.7 Å². The van der Waals surface area contributed by atoms with E-state index in [-0.39, 0.29) is 49.3 Å². The van der Waals surface area contributed by atoms with Crippen molar-refractivity contribution in [3.05, 3.63) is 191 Å². The number of aliphatic hydroxyl groups is 2. The van der Waals surface area contributed by atoms with E-state index < -0.39 is 28.6 Å². The lowest BCUT2D eigenvalue weighted by molar-refractivity contribution is -0.153. The smallest absolute Gasteiger partial charge is 0.332 e. The quantitative estimate of drug-likeness (QED) is 0.159. The number of amides is 4. The molecule has 18 heteroatoms. The molecule has 0 radical (unpaired) electrons. The molecule has 4 saturated heterocycles. The molecule has 0 aliphatic carbocycles. The lowest BCUT2D eigenvalue weighted by atomic mass is 9.78. The molecule has 0 aromatic heterocycles. The molecule has 2 atom stereocenters. The molecule has 0 saturated carbocycles. The first kappa shape index (κ1) is 45.9. The molecule has 66 heavy (non-hydrogen) atoms. The van der Waals surface area contributed by atoms with Crippen molar-refractivity contribution in [2.45, 2.75) is 22.5 Å². The summed E-state index contributed by atoms with van der Waals surface area (Å²) in [7, 11) is 0. The van der Waals surface area contributed by atoms with Crippen LogP contribution in [0.25, 0.3) is 4.85 Å². The maximum absolute atomic E-state index is 14.0. The molecule has 4 aliphatic rings. The van der Waals surface area contributed by atoms with E-state index in [1.807, 2.05) is 24.3 Å². The molecule has 0 bridgehead atoms. The molecule has 12 nitrogen and oxygen atoms in total. The number of urea groups is 2. The van der Waals surface area contributed by atoms with Crippen LogP contribution >= 0.6 is 78.3 Å². The summed E-state index contributed by atoms with van der Waals surface area (Å²) < 4.78 is 12.7. The van der Waals surface area contributed by atoms with Crippen molar-refractivity contribution in [1.82, 2.24) is 0 Å². The van der Waals surface area contributed by atoms with Gasteiger partial charge in [-0.3, -0.25) is 19.6 Å². The predicted octanol–water partition coefficient (Wildman–Crippen LogP) is 12.1. The van der Waals surface area contributed by atoms with Gasteiger partial charge in [0.1, 0.15) is 11.1 Å². The second-order valence-electron chi connectivity index (χ2n) is 15.9. The van der Waals surface area contributed by atoms with Gasteiger partial charge in [0, 0.05) is 62.9 Å². The number of benzene rings is 6. The molecule has 332 valence electrons. The Bertz CT molecular complexity index is 2930. The van der Waals surface area contributed by atoms with Gasteiger partial charge in [0.2, 0.25) is 5.72 Å². The van der Waals surface area contributed by atoms with E-state index in [4.69, 9.17) is 62.4 Å². The minimum absolute atomic E-state index is 0.0338. The van der Waals surface area contributed by atoms with Crippen LogP contribution in [0, 0.1) is 17.9 Å². The fourth-order valence-electron chi connectivity index (χ4n) is 8.99. The topological polar surface area (TPSA) is 134 Å². The summed E-state index contributed by atoms with van der Waals surface area (Å²) in [4.78, 5) is 37.3. The van der Waals surface area contributed by atoms with Crippen molar-refractivity contribution in [2.75, 3.05) is 46.0 Å². The molecule has 4 heterocycles. The van der Waals surface area contributed by atoms with Gasteiger partial charge in [0.25, 0.3) is 0 Å². The van der Waals surface area contributed by atoms with E-state index in [2.05, 4.69) is 36.7 Å². The monoisotopic (exact) mass is 1090 g/mol. The van der Waals surface area contributed by atoms with Crippen LogP contribution < -0.4 is 19.6 Å². The van der Waals surface area contributed by atoms with Gasteiger partial charge in [0.15, 0.2) is 11.4 Å². The Labute approximate surface area is 415 Å². The zero-order chi connectivity index (χ0) is 46.8. The van der Waals surface area contributed by atoms with Crippen LogP contribution in [0.2, 0.25) is 20.1 Å². The SMILES string of the molecule is O=C1N(c2ccc(Cl)cc2)C2(COC2)C(O)(c2cc(Br)cc(Br)c2)N1c1ccc(Cl)cc1.[C-]#[N+]c1cc(C#N)cc(C2(O)N(c3ccc(Cl)cc3)C(=O)N(c3ccc(Cl)cc3)C23COC3)c1. The van der Waals surface area contributed by atoms with Crippen molar-refractivity contribution in [3.8, 4) is 6.07 Å². The number of halogens is 6. The largest absolute Gasteiger partial charge is 0.376 e. The van der Waals surface area contributed by atoms with Crippen LogP contribution in [0.1, 0.15) is 16.7 Å². The second kappa shape index (κ2) is 17.5. The average Bonchev–Trinajstić information content (AvgIpc) is 3.63. The molecule has 2 unspecified atom stereocenters. The standard InChI is InChI=1S/C25H16Cl2N4O3.C23H16Br2Cl2N2O3/c1-29-20-11-16(13-28)10-17(12-20)25(33)24(14-34-15-24)30(21-6-2-18(26)3-7-21)23(32)31(25)22-8-4-19(27)5-9-22;24-15-9-14(10-16(25)11-15)23(31)22(12-32-13-22)28(19-5-1-17(26)2-6-19)21(30)29(23)20-7-3-18(27)4-8-20/h2-12,33H,14-15H2;1-11,31H,12-13H2. The Balaban J connectivity index is 0.000000166. The lowest BCUT2D eigenvalue weighted by Gasteiger charge is -2.52. The highest BCUT2D eigenvalue weighted by atomic mass is 79.9. The fourth-order valence-corrected chi connectivity index (χ4v) is 10.8. The number of nitriles is 1. The number of rotatable bonds is 6. The number of carbonyl (C=O) groups excluding carboxylic acids is 2. The Morgan fingerprint density at radius 3 is 1.18 bits per heavy atom. The maximum atomic E-state index is 14.0. The van der Waals surface area contributed by atoms with Gasteiger partial charge in [-0.05, 0) is 139 Å². The molecular formula is C48H32Br2Cl4N6O6. The minimum Gasteiger partial charge on any atom is -0.376 e. The van der Waals surface area contributed by atoms with Crippen molar-refractivity contribution in [1.29, 1.82) is 5.26 Å². The van der Waals surface area contributed by atoms with Gasteiger partial charge in [-0.1, -0.05) is 78.3 Å². The van der Waals surface area contributed by atoms with Crippen molar-refractivity contribution >= 4 is 119 Å². The van der Waals surface area contributed by atoms with Crippen LogP contribution in [0.4, 0.5) is 38.0 Å². The molecule has 2 spiro atoms. The van der Waals surface area contributed by atoms with E-state index >= 15 is 0 Å². The third-order valence-electron chi connectivity index (χ3n) is 12.1. The fraction of sp³-hybridized carbons (Fsp3) is 0.167. The average molecular weight is 1090 g/mol. The molecular weight excluding hydrogens is 1060 g/mol. The number of carbonyl (C=O) groups is 2. The zero-order valence-corrected chi connectivity index (χ0v) is 40.2. The van der Waals surface area contributed by atoms with Crippen molar-refractivity contribution < 1.29 is 29.3 Å². The summed E-state index contributed by atoms with van der Waals surface area (Å²) in [5.74, 6) is 0. The third kappa shape index (κ3) is 7.23. The number of ether oxygens (including phenoxy) is 2. The summed E-state index contributed by atoms with van der Waals surface area (Å²) >= 11 is 31.4. The van der Waals surface area contributed by atoms with E-state index in [9.17, 15) is 25.1 Å². The number of hydrogen-bond donors (Lipinski definition) is 2. The predicted molar refractivity (Wildman–Crippen MR) is 261 cm³/mol. The van der Waals surface area contributed by atoms with Crippen LogP contribution in [0.3, 0.4) is 0 Å². The van der Waals surface area contributed by atoms with E-state index in [1.54, 1.807) is 102 Å². The molecule has 6 aromatic rings. The summed E-state index contributed by atoms with van der Waals surface area (Å²) in [6, 6.07) is 38.1. The molecule has 4 fully saturated rings. The second-order valence-corrected chi connectivity index (χ2v) is 19.4. The molecule has 6 aromatic carbocycles. The van der Waals surface area contributed by atoms with Crippen LogP contribution in [-0.4, -0.2) is 59.8 Å². The summed E-state index contributed by atoms with van der Waals surface area (Å²) in [6.07, 6.45) is 0. The molecule has 2 N–H and O–H groups in total. The zero-order valence-electron chi connectivity index (χ0n) is 34.0. The van der Waals surface area contributed by atoms with E-state index in [0.717, 1.165) is 8.95 Å². The van der Waals surface area contributed by atoms with Gasteiger partial charge in [-0.15, -0.1) is 0 Å². The molecule has 10 rings (SSSR count). The highest BCUT2D eigenvalue weighted by Crippen LogP contribution is 2.56. The van der Waals surface area contributed by atoms with Gasteiger partial charge >= 0.3 is 12.1 Å². The lowest BCUT2D eigenvalue weighted by Crippen LogP contribution is -2.70. The first-order chi connectivity index (χ1) is 31.6.